The molecule has 0 spiro atoms. The normalized spacial score (nSPS) is 17.1. The molecule has 0 aromatic heterocycles. The van der Waals surface area contributed by atoms with Crippen molar-refractivity contribution in [2.45, 2.75) is 31.9 Å². The zero-order valence-electron chi connectivity index (χ0n) is 11.1. The van der Waals surface area contributed by atoms with Crippen molar-refractivity contribution < 1.29 is 27.5 Å². The van der Waals surface area contributed by atoms with Gasteiger partial charge in [0.05, 0.1) is 17.7 Å². The fraction of sp³-hybridized carbons (Fsp3) is 0.500. The van der Waals surface area contributed by atoms with Crippen LogP contribution in [0.4, 0.5) is 23.2 Å². The van der Waals surface area contributed by atoms with Gasteiger partial charge in [-0.3, -0.25) is 4.79 Å². The minimum absolute atomic E-state index is 0.0255. The van der Waals surface area contributed by atoms with Crippen LogP contribution in [-0.4, -0.2) is 17.6 Å². The average molecular weight is 305 g/mol. The van der Waals surface area contributed by atoms with E-state index in [0.717, 1.165) is 18.6 Å². The maximum Gasteiger partial charge on any atom is 0.416 e. The lowest BCUT2D eigenvalue weighted by atomic mass is 9.66. The summed E-state index contributed by atoms with van der Waals surface area (Å²) in [6, 6.07) is 2.27. The number of benzene rings is 1. The minimum atomic E-state index is -4.59. The third kappa shape index (κ3) is 3.65. The molecule has 7 heteroatoms. The summed E-state index contributed by atoms with van der Waals surface area (Å²) in [5.74, 6) is -1.92. The number of rotatable bonds is 5. The van der Waals surface area contributed by atoms with Gasteiger partial charge in [-0.1, -0.05) is 6.42 Å². The van der Waals surface area contributed by atoms with Crippen LogP contribution in [-0.2, 0) is 11.0 Å². The number of hydrogen-bond acceptors (Lipinski definition) is 2. The van der Waals surface area contributed by atoms with Crippen LogP contribution in [0.1, 0.15) is 31.2 Å². The summed E-state index contributed by atoms with van der Waals surface area (Å²) in [4.78, 5) is 10.8. The molecule has 0 unspecified atom stereocenters. The number of anilines is 1. The molecule has 1 aromatic carbocycles. The topological polar surface area (TPSA) is 49.3 Å². The van der Waals surface area contributed by atoms with Gasteiger partial charge in [0.15, 0.2) is 0 Å². The predicted octanol–water partition coefficient (Wildman–Crippen LogP) is 3.90. The van der Waals surface area contributed by atoms with Crippen LogP contribution >= 0.6 is 0 Å². The van der Waals surface area contributed by atoms with E-state index in [4.69, 9.17) is 5.11 Å². The molecule has 0 aliphatic heterocycles. The standard InChI is InChI=1S/C14H15F4NO2/c15-10-6-9(14(16,17)18)2-3-11(10)19-8-13(4-1-5-13)7-12(20)21/h2-3,6,19H,1,4-5,7-8H2,(H,20,21). The SMILES string of the molecule is O=C(O)CC1(CNc2ccc(C(F)(F)F)cc2F)CCC1. The number of carboxylic acids is 1. The molecule has 0 heterocycles. The molecule has 21 heavy (non-hydrogen) atoms. The Hall–Kier alpha value is -1.79. The van der Waals surface area contributed by atoms with Crippen molar-refractivity contribution in [3.05, 3.63) is 29.6 Å². The lowest BCUT2D eigenvalue weighted by molar-refractivity contribution is -0.141. The lowest BCUT2D eigenvalue weighted by Gasteiger charge is -2.41. The van der Waals surface area contributed by atoms with Gasteiger partial charge in [-0.25, -0.2) is 4.39 Å². The third-order valence-electron chi connectivity index (χ3n) is 3.89. The summed E-state index contributed by atoms with van der Waals surface area (Å²) < 4.78 is 50.9. The second-order valence-electron chi connectivity index (χ2n) is 5.47. The molecular weight excluding hydrogens is 290 g/mol. The van der Waals surface area contributed by atoms with E-state index in [-0.39, 0.29) is 18.7 Å². The van der Waals surface area contributed by atoms with Gasteiger partial charge in [-0.15, -0.1) is 0 Å². The van der Waals surface area contributed by atoms with Crippen LogP contribution in [0, 0.1) is 11.2 Å². The highest BCUT2D eigenvalue weighted by Crippen LogP contribution is 2.44. The number of hydrogen-bond donors (Lipinski definition) is 2. The Kier molecular flexibility index (Phi) is 4.11. The highest BCUT2D eigenvalue weighted by Gasteiger charge is 2.39. The van der Waals surface area contributed by atoms with Gasteiger partial charge < -0.3 is 10.4 Å². The molecule has 0 saturated heterocycles. The first-order valence-electron chi connectivity index (χ1n) is 6.54. The molecule has 116 valence electrons. The summed E-state index contributed by atoms with van der Waals surface area (Å²) in [5, 5.41) is 11.6. The van der Waals surface area contributed by atoms with E-state index in [9.17, 15) is 22.4 Å². The highest BCUT2D eigenvalue weighted by molar-refractivity contribution is 5.68. The molecule has 2 N–H and O–H groups in total. The van der Waals surface area contributed by atoms with Gasteiger partial charge in [-0.2, -0.15) is 13.2 Å². The van der Waals surface area contributed by atoms with E-state index in [1.165, 1.54) is 0 Å². The molecule has 0 bridgehead atoms. The zero-order chi connectivity index (χ0) is 15.7. The van der Waals surface area contributed by atoms with E-state index in [0.29, 0.717) is 18.9 Å². The Labute approximate surface area is 119 Å². The molecule has 3 nitrogen and oxygen atoms in total. The van der Waals surface area contributed by atoms with E-state index in [1.807, 2.05) is 0 Å². The van der Waals surface area contributed by atoms with Gasteiger partial charge in [0.25, 0.3) is 0 Å². The van der Waals surface area contributed by atoms with Crippen molar-refractivity contribution in [2.24, 2.45) is 5.41 Å². The molecule has 1 fully saturated rings. The molecule has 0 atom stereocenters. The number of nitrogens with one attached hydrogen (secondary N) is 1. The minimum Gasteiger partial charge on any atom is -0.481 e. The molecule has 1 aliphatic rings. The molecule has 0 radical (unpaired) electrons. The molecule has 2 rings (SSSR count). The molecule has 0 amide bonds. The highest BCUT2D eigenvalue weighted by atomic mass is 19.4. The van der Waals surface area contributed by atoms with Crippen LogP contribution in [0.2, 0.25) is 0 Å². The van der Waals surface area contributed by atoms with Crippen LogP contribution < -0.4 is 5.32 Å². The number of aliphatic carboxylic acids is 1. The maximum atomic E-state index is 13.7. The summed E-state index contributed by atoms with van der Waals surface area (Å²) in [7, 11) is 0. The monoisotopic (exact) mass is 305 g/mol. The summed E-state index contributed by atoms with van der Waals surface area (Å²) in [6.07, 6.45) is -2.27. The van der Waals surface area contributed by atoms with Gasteiger partial charge in [0.2, 0.25) is 0 Å². The number of alkyl halides is 3. The van der Waals surface area contributed by atoms with Crippen LogP contribution in [0.15, 0.2) is 18.2 Å². The first-order chi connectivity index (χ1) is 9.72. The fourth-order valence-electron chi connectivity index (χ4n) is 2.53. The van der Waals surface area contributed by atoms with E-state index < -0.39 is 28.9 Å². The summed E-state index contributed by atoms with van der Waals surface area (Å²) in [6.45, 7) is 0.238. The van der Waals surface area contributed by atoms with Crippen molar-refractivity contribution in [2.75, 3.05) is 11.9 Å². The van der Waals surface area contributed by atoms with Crippen LogP contribution in [0.5, 0.6) is 0 Å². The number of carboxylic acid groups (broad SMARTS) is 1. The van der Waals surface area contributed by atoms with Crippen LogP contribution in [0.25, 0.3) is 0 Å². The van der Waals surface area contributed by atoms with E-state index >= 15 is 0 Å². The van der Waals surface area contributed by atoms with Crippen molar-refractivity contribution >= 4 is 11.7 Å². The maximum absolute atomic E-state index is 13.7. The molecular formula is C14H15F4NO2. The van der Waals surface area contributed by atoms with Gasteiger partial charge >= 0.3 is 12.1 Å². The fourth-order valence-corrected chi connectivity index (χ4v) is 2.53. The van der Waals surface area contributed by atoms with Gasteiger partial charge in [0.1, 0.15) is 5.82 Å². The second-order valence-corrected chi connectivity index (χ2v) is 5.47. The quantitative estimate of drug-likeness (QED) is 0.811. The van der Waals surface area contributed by atoms with Crippen molar-refractivity contribution in [3.63, 3.8) is 0 Å². The van der Waals surface area contributed by atoms with E-state index in [1.54, 1.807) is 0 Å². The predicted molar refractivity (Wildman–Crippen MR) is 68.4 cm³/mol. The molecule has 1 aliphatic carbocycles. The average Bonchev–Trinajstić information content (AvgIpc) is 2.32. The smallest absolute Gasteiger partial charge is 0.416 e. The van der Waals surface area contributed by atoms with Crippen molar-refractivity contribution in [3.8, 4) is 0 Å². The van der Waals surface area contributed by atoms with Gasteiger partial charge in [0, 0.05) is 6.54 Å². The zero-order valence-corrected chi connectivity index (χ0v) is 11.1. The largest absolute Gasteiger partial charge is 0.481 e. The first-order valence-corrected chi connectivity index (χ1v) is 6.54. The Morgan fingerprint density at radius 2 is 2.00 bits per heavy atom. The number of carbonyl (C=O) groups is 1. The Balaban J connectivity index is 2.05. The Bertz CT molecular complexity index is 538. The number of halogens is 4. The first kappa shape index (κ1) is 15.6. The van der Waals surface area contributed by atoms with Crippen LogP contribution in [0.3, 0.4) is 0 Å². The van der Waals surface area contributed by atoms with Crippen molar-refractivity contribution in [1.29, 1.82) is 0 Å². The van der Waals surface area contributed by atoms with Gasteiger partial charge in [-0.05, 0) is 36.5 Å². The molecule has 1 aromatic rings. The summed E-state index contributed by atoms with van der Waals surface area (Å²) in [5.41, 5.74) is -1.52. The Morgan fingerprint density at radius 3 is 2.43 bits per heavy atom. The lowest BCUT2D eigenvalue weighted by Crippen LogP contribution is -2.38. The second kappa shape index (κ2) is 5.54. The third-order valence-corrected chi connectivity index (χ3v) is 3.89. The summed E-state index contributed by atoms with van der Waals surface area (Å²) >= 11 is 0. The van der Waals surface area contributed by atoms with Crippen molar-refractivity contribution in [1.82, 2.24) is 0 Å². The molecule has 1 saturated carbocycles. The van der Waals surface area contributed by atoms with E-state index in [2.05, 4.69) is 5.32 Å². The Morgan fingerprint density at radius 1 is 1.33 bits per heavy atom.